The molecule has 4 heterocycles. The zero-order valence-electron chi connectivity index (χ0n) is 25.3. The number of phenols is 1. The van der Waals surface area contributed by atoms with Crippen molar-refractivity contribution in [1.29, 1.82) is 0 Å². The highest BCUT2D eigenvalue weighted by Gasteiger charge is 2.39. The lowest BCUT2D eigenvalue weighted by atomic mass is 9.97. The van der Waals surface area contributed by atoms with Crippen LogP contribution < -0.4 is 15.3 Å². The summed E-state index contributed by atoms with van der Waals surface area (Å²) in [6.07, 6.45) is 3.26. The van der Waals surface area contributed by atoms with Gasteiger partial charge in [0.05, 0.1) is 45.5 Å². The van der Waals surface area contributed by atoms with Gasteiger partial charge in [-0.15, -0.1) is 0 Å². The number of hydrogen-bond acceptors (Lipinski definition) is 7. The lowest BCUT2D eigenvalue weighted by Gasteiger charge is -2.46. The monoisotopic (exact) mass is 635 g/mol. The third kappa shape index (κ3) is 4.80. The van der Waals surface area contributed by atoms with Gasteiger partial charge in [0.25, 0.3) is 0 Å². The van der Waals surface area contributed by atoms with Gasteiger partial charge in [0.1, 0.15) is 17.4 Å². The van der Waals surface area contributed by atoms with Gasteiger partial charge in [0.2, 0.25) is 5.91 Å². The first kappa shape index (κ1) is 30.5. The minimum Gasteiger partial charge on any atom is -0.507 e. The molecule has 2 atom stereocenters. The van der Waals surface area contributed by atoms with Gasteiger partial charge in [0, 0.05) is 37.3 Å². The smallest absolute Gasteiger partial charge is 0.354 e. The minimum absolute atomic E-state index is 0.0315. The van der Waals surface area contributed by atoms with Gasteiger partial charge in [-0.25, -0.2) is 13.6 Å². The summed E-state index contributed by atoms with van der Waals surface area (Å²) in [6.45, 7) is 11.8. The normalized spacial score (nSPS) is 18.0. The second-order valence-corrected chi connectivity index (χ2v) is 12.1. The van der Waals surface area contributed by atoms with Crippen molar-refractivity contribution in [2.75, 3.05) is 24.6 Å². The lowest BCUT2D eigenvalue weighted by molar-refractivity contribution is -0.129. The maximum Gasteiger partial charge on any atom is 0.354 e. The van der Waals surface area contributed by atoms with Crippen molar-refractivity contribution in [3.05, 3.63) is 81.5 Å². The van der Waals surface area contributed by atoms with Crippen LogP contribution in [-0.4, -0.2) is 62.2 Å². The number of carbonyl (C=O) groups excluding carboxylic acids is 1. The summed E-state index contributed by atoms with van der Waals surface area (Å²) >= 11 is 7.08. The fourth-order valence-electron chi connectivity index (χ4n) is 6.45. The number of anilines is 1. The fourth-order valence-corrected chi connectivity index (χ4v) is 6.80. The quantitative estimate of drug-likeness (QED) is 0.279. The number of rotatable bonds is 4. The predicted octanol–water partition coefficient (Wildman–Crippen LogP) is 5.89. The van der Waals surface area contributed by atoms with Gasteiger partial charge in [0.15, 0.2) is 11.6 Å². The topological polar surface area (TPSA) is 101 Å². The Hall–Kier alpha value is -4.51. The second kappa shape index (κ2) is 11.4. The molecule has 1 N–H and O–H groups in total. The molecular weight excluding hydrogens is 604 g/mol. The zero-order valence-corrected chi connectivity index (χ0v) is 26.0. The molecule has 1 amide bonds. The number of aromatic nitrogens is 3. The second-order valence-electron chi connectivity index (χ2n) is 11.7. The molecule has 2 aromatic heterocycles. The Morgan fingerprint density at radius 1 is 1.22 bits per heavy atom. The van der Waals surface area contributed by atoms with E-state index in [1.165, 1.54) is 22.8 Å². The van der Waals surface area contributed by atoms with E-state index in [1.54, 1.807) is 17.2 Å². The van der Waals surface area contributed by atoms with E-state index in [-0.39, 0.29) is 64.6 Å². The Balaban J connectivity index is 1.77. The minimum atomic E-state index is -1.000. The molecule has 234 valence electrons. The van der Waals surface area contributed by atoms with Crippen LogP contribution in [0, 0.1) is 18.6 Å². The van der Waals surface area contributed by atoms with Crippen LogP contribution in [0.4, 0.5) is 14.6 Å². The van der Waals surface area contributed by atoms with E-state index >= 15 is 8.78 Å². The SMILES string of the molecule is C=CC(=O)N1CC2CCOc3c(F)c(-c4c(O)cccc4F)c(Cl)c4c3c(nc(=O)n4-c3c(C)ccnc3C(C)C)N2CC1C. The van der Waals surface area contributed by atoms with Crippen LogP contribution in [0.15, 0.2) is 47.9 Å². The molecule has 2 unspecified atom stereocenters. The van der Waals surface area contributed by atoms with Gasteiger partial charge in [-0.05, 0) is 49.6 Å². The maximum atomic E-state index is 16.8. The summed E-state index contributed by atoms with van der Waals surface area (Å²) in [6, 6.07) is 4.72. The van der Waals surface area contributed by atoms with Gasteiger partial charge >= 0.3 is 5.69 Å². The number of piperazine rings is 1. The Morgan fingerprint density at radius 2 is 1.98 bits per heavy atom. The van der Waals surface area contributed by atoms with Crippen LogP contribution in [-0.2, 0) is 4.79 Å². The number of amides is 1. The number of halogens is 3. The van der Waals surface area contributed by atoms with Crippen LogP contribution in [0.1, 0.15) is 44.4 Å². The van der Waals surface area contributed by atoms with E-state index in [0.717, 1.165) is 6.07 Å². The molecule has 2 aliphatic rings. The summed E-state index contributed by atoms with van der Waals surface area (Å²) < 4.78 is 39.5. The zero-order chi connectivity index (χ0) is 32.3. The highest BCUT2D eigenvalue weighted by molar-refractivity contribution is 6.39. The maximum absolute atomic E-state index is 16.8. The number of aromatic hydroxyl groups is 1. The standard InChI is InChI=1S/C33H32ClF2N5O4/c1-6-22(43)39-15-19-11-13-45-31-25-30(26(34)24(27(31)36)23-20(35)8-7-9-21(23)42)41(29-17(4)10-12-37-28(29)16(2)3)33(44)38-32(25)40(19)14-18(39)5/h6-10,12,16,18-19,42H,1,11,13-15H2,2-5H3. The predicted molar refractivity (Wildman–Crippen MR) is 169 cm³/mol. The Morgan fingerprint density at radius 3 is 2.67 bits per heavy atom. The van der Waals surface area contributed by atoms with E-state index in [4.69, 9.17) is 16.3 Å². The van der Waals surface area contributed by atoms with E-state index in [2.05, 4.69) is 16.5 Å². The van der Waals surface area contributed by atoms with Gasteiger partial charge in [-0.3, -0.25) is 14.3 Å². The fraction of sp³-hybridized carbons (Fsp3) is 0.333. The molecule has 0 aliphatic carbocycles. The average molecular weight is 636 g/mol. The average Bonchev–Trinajstić information content (AvgIpc) is 2.99. The van der Waals surface area contributed by atoms with Gasteiger partial charge in [-0.2, -0.15) is 4.98 Å². The molecule has 9 nitrogen and oxygen atoms in total. The Kier molecular flexibility index (Phi) is 7.76. The summed E-state index contributed by atoms with van der Waals surface area (Å²) in [5.41, 5.74) is 0.0805. The number of pyridine rings is 1. The van der Waals surface area contributed by atoms with Crippen molar-refractivity contribution in [3.63, 3.8) is 0 Å². The van der Waals surface area contributed by atoms with Crippen LogP contribution in [0.2, 0.25) is 5.02 Å². The van der Waals surface area contributed by atoms with Crippen molar-refractivity contribution in [2.45, 2.75) is 52.1 Å². The van der Waals surface area contributed by atoms with E-state index < -0.39 is 34.2 Å². The first-order valence-corrected chi connectivity index (χ1v) is 15.1. The van der Waals surface area contributed by atoms with E-state index in [1.807, 2.05) is 32.6 Å². The van der Waals surface area contributed by atoms with Crippen LogP contribution in [0.25, 0.3) is 27.7 Å². The van der Waals surface area contributed by atoms with E-state index in [9.17, 15) is 14.7 Å². The summed E-state index contributed by atoms with van der Waals surface area (Å²) in [4.78, 5) is 39.6. The molecule has 1 saturated heterocycles. The Bertz CT molecular complexity index is 1930. The highest BCUT2D eigenvalue weighted by Crippen LogP contribution is 2.49. The van der Waals surface area contributed by atoms with E-state index in [0.29, 0.717) is 29.9 Å². The number of carbonyl (C=O) groups is 1. The number of hydrogen-bond donors (Lipinski definition) is 1. The lowest BCUT2D eigenvalue weighted by Crippen LogP contribution is -2.60. The molecule has 12 heteroatoms. The van der Waals surface area contributed by atoms with Crippen molar-refractivity contribution in [2.24, 2.45) is 0 Å². The molecule has 6 rings (SSSR count). The highest BCUT2D eigenvalue weighted by atomic mass is 35.5. The molecule has 2 aliphatic heterocycles. The molecule has 45 heavy (non-hydrogen) atoms. The number of ether oxygens (including phenoxy) is 1. The van der Waals surface area contributed by atoms with Gasteiger partial charge in [-0.1, -0.05) is 38.1 Å². The summed E-state index contributed by atoms with van der Waals surface area (Å²) in [5, 5.41) is 10.5. The number of fused-ring (bicyclic) bond motifs is 2. The first-order chi connectivity index (χ1) is 21.5. The van der Waals surface area contributed by atoms with Crippen molar-refractivity contribution in [3.8, 4) is 28.3 Å². The molecule has 0 radical (unpaired) electrons. The van der Waals surface area contributed by atoms with Gasteiger partial charge < -0.3 is 19.6 Å². The third-order valence-electron chi connectivity index (χ3n) is 8.58. The van der Waals surface area contributed by atoms with Crippen LogP contribution >= 0.6 is 11.6 Å². The Labute approximate surface area is 263 Å². The number of nitrogens with zero attached hydrogens (tertiary/aromatic N) is 5. The first-order valence-electron chi connectivity index (χ1n) is 14.7. The molecule has 2 aromatic carbocycles. The summed E-state index contributed by atoms with van der Waals surface area (Å²) in [5.74, 6) is -2.93. The molecule has 0 bridgehead atoms. The number of aryl methyl sites for hydroxylation is 1. The number of phenolic OH excluding ortho intramolecular Hbond substituents is 1. The molecular formula is C33H32ClF2N5O4. The molecule has 1 fully saturated rings. The molecule has 0 saturated carbocycles. The largest absolute Gasteiger partial charge is 0.507 e. The molecule has 4 aromatic rings. The third-order valence-corrected chi connectivity index (χ3v) is 8.95. The van der Waals surface area contributed by atoms with Crippen LogP contribution in [0.5, 0.6) is 11.5 Å². The van der Waals surface area contributed by atoms with Crippen LogP contribution in [0.3, 0.4) is 0 Å². The van der Waals surface area contributed by atoms with Crippen molar-refractivity contribution < 1.29 is 23.4 Å². The summed E-state index contributed by atoms with van der Waals surface area (Å²) in [7, 11) is 0. The van der Waals surface area contributed by atoms with Crippen molar-refractivity contribution >= 4 is 34.2 Å². The van der Waals surface area contributed by atoms with Crippen molar-refractivity contribution in [1.82, 2.24) is 19.4 Å². The molecule has 0 spiro atoms. The number of benzene rings is 2.